The van der Waals surface area contributed by atoms with Crippen molar-refractivity contribution in [2.45, 2.75) is 20.3 Å². The Labute approximate surface area is 75.1 Å². The largest absolute Gasteiger partial charge is 0.396 e. The molecule has 0 aliphatic heterocycles. The maximum Gasteiger partial charge on any atom is 0.0436 e. The third-order valence-corrected chi connectivity index (χ3v) is 1.71. The van der Waals surface area contributed by atoms with Crippen molar-refractivity contribution in [2.24, 2.45) is 5.92 Å². The van der Waals surface area contributed by atoms with E-state index < -0.39 is 0 Å². The van der Waals surface area contributed by atoms with Crippen LogP contribution >= 0.6 is 0 Å². The maximum atomic E-state index is 8.63. The van der Waals surface area contributed by atoms with Crippen LogP contribution in [0.3, 0.4) is 0 Å². The molecule has 12 heavy (non-hydrogen) atoms. The molecule has 0 aromatic heterocycles. The van der Waals surface area contributed by atoms with Crippen molar-refractivity contribution in [3.63, 3.8) is 0 Å². The SMILES string of the molecule is C=C/C(C)=C\C=C/C(C)CCO. The van der Waals surface area contributed by atoms with E-state index in [1.54, 1.807) is 0 Å². The van der Waals surface area contributed by atoms with Crippen molar-refractivity contribution < 1.29 is 5.11 Å². The highest BCUT2D eigenvalue weighted by atomic mass is 16.2. The summed E-state index contributed by atoms with van der Waals surface area (Å²) < 4.78 is 0. The summed E-state index contributed by atoms with van der Waals surface area (Å²) in [5.74, 6) is 0.448. The number of allylic oxidation sites excluding steroid dienone is 5. The second kappa shape index (κ2) is 6.86. The summed E-state index contributed by atoms with van der Waals surface area (Å²) in [7, 11) is 0. The first-order valence-corrected chi connectivity index (χ1v) is 4.29. The van der Waals surface area contributed by atoms with E-state index in [9.17, 15) is 0 Å². The Morgan fingerprint density at radius 2 is 2.25 bits per heavy atom. The molecule has 0 aliphatic rings. The molecule has 1 heteroatoms. The van der Waals surface area contributed by atoms with E-state index in [0.29, 0.717) is 5.92 Å². The van der Waals surface area contributed by atoms with Gasteiger partial charge in [-0.05, 0) is 19.3 Å². The van der Waals surface area contributed by atoms with Gasteiger partial charge in [0, 0.05) is 6.61 Å². The monoisotopic (exact) mass is 166 g/mol. The Hall–Kier alpha value is -0.820. The van der Waals surface area contributed by atoms with E-state index in [4.69, 9.17) is 5.11 Å². The lowest BCUT2D eigenvalue weighted by molar-refractivity contribution is 0.274. The highest BCUT2D eigenvalue weighted by Gasteiger charge is 1.92. The van der Waals surface area contributed by atoms with E-state index in [1.807, 2.05) is 25.2 Å². The summed E-state index contributed by atoms with van der Waals surface area (Å²) in [6.07, 6.45) is 8.76. The van der Waals surface area contributed by atoms with Crippen LogP contribution in [-0.4, -0.2) is 11.7 Å². The molecule has 0 aliphatic carbocycles. The quantitative estimate of drug-likeness (QED) is 0.622. The van der Waals surface area contributed by atoms with Gasteiger partial charge in [0.05, 0.1) is 0 Å². The summed E-state index contributed by atoms with van der Waals surface area (Å²) in [5, 5.41) is 8.63. The fourth-order valence-corrected chi connectivity index (χ4v) is 0.765. The molecule has 0 amide bonds. The van der Waals surface area contributed by atoms with E-state index >= 15 is 0 Å². The van der Waals surface area contributed by atoms with Crippen LogP contribution in [0.25, 0.3) is 0 Å². The van der Waals surface area contributed by atoms with Gasteiger partial charge in [-0.1, -0.05) is 43.4 Å². The van der Waals surface area contributed by atoms with Crippen LogP contribution in [-0.2, 0) is 0 Å². The van der Waals surface area contributed by atoms with Crippen molar-refractivity contribution in [3.8, 4) is 0 Å². The third-order valence-electron chi connectivity index (χ3n) is 1.71. The van der Waals surface area contributed by atoms with Gasteiger partial charge in [-0.2, -0.15) is 0 Å². The molecule has 1 nitrogen and oxygen atoms in total. The fourth-order valence-electron chi connectivity index (χ4n) is 0.765. The van der Waals surface area contributed by atoms with Crippen molar-refractivity contribution in [2.75, 3.05) is 6.61 Å². The van der Waals surface area contributed by atoms with Gasteiger partial charge in [0.25, 0.3) is 0 Å². The normalized spacial score (nSPS) is 15.1. The molecule has 1 N–H and O–H groups in total. The van der Waals surface area contributed by atoms with Crippen molar-refractivity contribution in [3.05, 3.63) is 36.5 Å². The molecule has 0 rings (SSSR count). The number of aliphatic hydroxyl groups is 1. The zero-order valence-corrected chi connectivity index (χ0v) is 7.96. The summed E-state index contributed by atoms with van der Waals surface area (Å²) >= 11 is 0. The molecule has 0 bridgehead atoms. The second-order valence-electron chi connectivity index (χ2n) is 2.99. The van der Waals surface area contributed by atoms with Gasteiger partial charge in [-0.15, -0.1) is 0 Å². The number of hydrogen-bond donors (Lipinski definition) is 1. The Kier molecular flexibility index (Phi) is 6.39. The molecule has 0 heterocycles. The summed E-state index contributed by atoms with van der Waals surface area (Å²) in [6.45, 7) is 8.01. The number of rotatable bonds is 5. The van der Waals surface area contributed by atoms with Crippen LogP contribution in [0.4, 0.5) is 0 Å². The van der Waals surface area contributed by atoms with E-state index in [0.717, 1.165) is 12.0 Å². The number of hydrogen-bond acceptors (Lipinski definition) is 1. The van der Waals surface area contributed by atoms with E-state index in [-0.39, 0.29) is 6.61 Å². The predicted octanol–water partition coefficient (Wildman–Crippen LogP) is 2.69. The van der Waals surface area contributed by atoms with E-state index in [1.165, 1.54) is 0 Å². The topological polar surface area (TPSA) is 20.2 Å². The molecule has 0 saturated carbocycles. The minimum atomic E-state index is 0.260. The first-order chi connectivity index (χ1) is 5.70. The fraction of sp³-hybridized carbons (Fsp3) is 0.455. The molecule has 1 unspecified atom stereocenters. The molecule has 0 saturated heterocycles. The van der Waals surface area contributed by atoms with Crippen LogP contribution in [0.2, 0.25) is 0 Å². The highest BCUT2D eigenvalue weighted by Crippen LogP contribution is 2.03. The molecule has 0 radical (unpaired) electrons. The number of aliphatic hydroxyl groups excluding tert-OH is 1. The lowest BCUT2D eigenvalue weighted by Crippen LogP contribution is -1.92. The Bertz CT molecular complexity index is 177. The second-order valence-corrected chi connectivity index (χ2v) is 2.99. The van der Waals surface area contributed by atoms with Gasteiger partial charge in [0.2, 0.25) is 0 Å². The first-order valence-electron chi connectivity index (χ1n) is 4.29. The highest BCUT2D eigenvalue weighted by molar-refractivity contribution is 5.19. The van der Waals surface area contributed by atoms with E-state index in [2.05, 4.69) is 19.6 Å². The summed E-state index contributed by atoms with van der Waals surface area (Å²) in [6, 6.07) is 0. The predicted molar refractivity (Wildman–Crippen MR) is 54.0 cm³/mol. The van der Waals surface area contributed by atoms with Crippen LogP contribution in [0.5, 0.6) is 0 Å². The van der Waals surface area contributed by atoms with Crippen molar-refractivity contribution in [1.29, 1.82) is 0 Å². The van der Waals surface area contributed by atoms with Gasteiger partial charge in [-0.25, -0.2) is 0 Å². The molecular weight excluding hydrogens is 148 g/mol. The molecule has 0 aromatic rings. The zero-order chi connectivity index (χ0) is 9.40. The summed E-state index contributed by atoms with van der Waals surface area (Å²) in [5.41, 5.74) is 1.16. The van der Waals surface area contributed by atoms with Gasteiger partial charge >= 0.3 is 0 Å². The molecule has 68 valence electrons. The molecular formula is C11H18O. The summed E-state index contributed by atoms with van der Waals surface area (Å²) in [4.78, 5) is 0. The average molecular weight is 166 g/mol. The van der Waals surface area contributed by atoms with Crippen molar-refractivity contribution in [1.82, 2.24) is 0 Å². The molecule has 1 atom stereocenters. The Balaban J connectivity index is 3.81. The zero-order valence-electron chi connectivity index (χ0n) is 7.96. The van der Waals surface area contributed by atoms with Crippen LogP contribution in [0.1, 0.15) is 20.3 Å². The Morgan fingerprint density at radius 3 is 2.75 bits per heavy atom. The van der Waals surface area contributed by atoms with Gasteiger partial charge in [0.1, 0.15) is 0 Å². The van der Waals surface area contributed by atoms with Gasteiger partial charge in [-0.3, -0.25) is 0 Å². The maximum absolute atomic E-state index is 8.63. The van der Waals surface area contributed by atoms with Crippen molar-refractivity contribution >= 4 is 0 Å². The Morgan fingerprint density at radius 1 is 1.58 bits per heavy atom. The minimum absolute atomic E-state index is 0.260. The third kappa shape index (κ3) is 5.93. The van der Waals surface area contributed by atoms with Gasteiger partial charge < -0.3 is 5.11 Å². The lowest BCUT2D eigenvalue weighted by Gasteiger charge is -2.00. The molecule has 0 fully saturated rings. The van der Waals surface area contributed by atoms with Gasteiger partial charge in [0.15, 0.2) is 0 Å². The van der Waals surface area contributed by atoms with Crippen LogP contribution in [0, 0.1) is 5.92 Å². The molecule has 0 aromatic carbocycles. The minimum Gasteiger partial charge on any atom is -0.396 e. The smallest absolute Gasteiger partial charge is 0.0436 e. The van der Waals surface area contributed by atoms with Crippen LogP contribution in [0.15, 0.2) is 36.5 Å². The lowest BCUT2D eigenvalue weighted by atomic mass is 10.1. The van der Waals surface area contributed by atoms with Crippen LogP contribution < -0.4 is 0 Å². The standard InChI is InChI=1S/C11H18O/c1-4-10(2)6-5-7-11(3)8-9-12/h4-7,11-12H,1,8-9H2,2-3H3/b7-5-,10-6-. The molecule has 0 spiro atoms. The first kappa shape index (κ1) is 11.2. The average Bonchev–Trinajstić information content (AvgIpc) is 2.04.